The fraction of sp³-hybridized carbons (Fsp3) is 0.500. The van der Waals surface area contributed by atoms with Gasteiger partial charge < -0.3 is 19.2 Å². The molecule has 0 spiro atoms. The Balaban J connectivity index is 1.75. The van der Waals surface area contributed by atoms with E-state index in [1.54, 1.807) is 18.2 Å². The highest BCUT2D eigenvalue weighted by molar-refractivity contribution is 5.82. The fourth-order valence-corrected chi connectivity index (χ4v) is 2.95. The summed E-state index contributed by atoms with van der Waals surface area (Å²) in [6.07, 6.45) is 3.04. The number of hydrogen-bond donors (Lipinski definition) is 1. The van der Waals surface area contributed by atoms with Crippen molar-refractivity contribution in [3.05, 3.63) is 40.2 Å². The molecule has 0 aliphatic carbocycles. The lowest BCUT2D eigenvalue weighted by Gasteiger charge is -2.14. The van der Waals surface area contributed by atoms with Gasteiger partial charge in [-0.15, -0.1) is 0 Å². The first-order valence-electron chi connectivity index (χ1n) is 9.87. The quantitative estimate of drug-likeness (QED) is 0.483. The maximum atomic E-state index is 11.9. The third kappa shape index (κ3) is 7.60. The number of esters is 1. The number of carbonyl (C=O) groups excluding carboxylic acids is 2. The summed E-state index contributed by atoms with van der Waals surface area (Å²) in [6, 6.07) is 6.42. The molecule has 2 rings (SSSR count). The van der Waals surface area contributed by atoms with E-state index < -0.39 is 11.6 Å². The molecule has 0 fully saturated rings. The van der Waals surface area contributed by atoms with Crippen LogP contribution in [0.4, 0.5) is 0 Å². The topological polar surface area (TPSA) is 94.8 Å². The molecular formula is C22H29NO6. The van der Waals surface area contributed by atoms with E-state index in [1.807, 2.05) is 13.8 Å². The van der Waals surface area contributed by atoms with Crippen molar-refractivity contribution in [1.82, 2.24) is 5.32 Å². The third-order valence-corrected chi connectivity index (χ3v) is 4.47. The van der Waals surface area contributed by atoms with Crippen LogP contribution in [0.25, 0.3) is 11.0 Å². The minimum absolute atomic E-state index is 0.0342. The molecule has 1 atom stereocenters. The Bertz CT molecular complexity index is 902. The van der Waals surface area contributed by atoms with Gasteiger partial charge in [0.05, 0.1) is 0 Å². The van der Waals surface area contributed by atoms with Crippen molar-refractivity contribution in [2.45, 2.75) is 53.0 Å². The van der Waals surface area contributed by atoms with Gasteiger partial charge in [0.15, 0.2) is 13.2 Å². The van der Waals surface area contributed by atoms with Crippen molar-refractivity contribution in [3.8, 4) is 5.75 Å². The first kappa shape index (κ1) is 22.5. The first-order valence-corrected chi connectivity index (χ1v) is 9.87. The Hall–Kier alpha value is -2.83. The summed E-state index contributed by atoms with van der Waals surface area (Å²) >= 11 is 0. The van der Waals surface area contributed by atoms with Gasteiger partial charge in [-0.1, -0.05) is 26.7 Å². The Kier molecular flexibility index (Phi) is 8.24. The predicted molar refractivity (Wildman–Crippen MR) is 110 cm³/mol. The third-order valence-electron chi connectivity index (χ3n) is 4.47. The molecule has 1 aromatic heterocycles. The molecule has 0 saturated heterocycles. The summed E-state index contributed by atoms with van der Waals surface area (Å²) in [7, 11) is 0. The predicted octanol–water partition coefficient (Wildman–Crippen LogP) is 3.35. The summed E-state index contributed by atoms with van der Waals surface area (Å²) in [4.78, 5) is 35.2. The number of ether oxygens (including phenoxy) is 2. The van der Waals surface area contributed by atoms with Crippen LogP contribution in [0.15, 0.2) is 33.5 Å². The Morgan fingerprint density at radius 2 is 1.86 bits per heavy atom. The lowest BCUT2D eigenvalue weighted by Crippen LogP contribution is -2.36. The maximum Gasteiger partial charge on any atom is 0.344 e. The van der Waals surface area contributed by atoms with Crippen LogP contribution in [0.5, 0.6) is 5.75 Å². The van der Waals surface area contributed by atoms with Gasteiger partial charge in [0.25, 0.3) is 5.91 Å². The van der Waals surface area contributed by atoms with E-state index in [0.717, 1.165) is 30.2 Å². The summed E-state index contributed by atoms with van der Waals surface area (Å²) < 4.78 is 15.5. The van der Waals surface area contributed by atoms with Crippen LogP contribution in [0.2, 0.25) is 0 Å². The highest BCUT2D eigenvalue weighted by Gasteiger charge is 2.12. The summed E-state index contributed by atoms with van der Waals surface area (Å²) in [6.45, 7) is 7.39. The number of benzene rings is 1. The van der Waals surface area contributed by atoms with E-state index in [-0.39, 0.29) is 25.2 Å². The highest BCUT2D eigenvalue weighted by atomic mass is 16.6. The second-order valence-corrected chi connectivity index (χ2v) is 7.65. The number of amides is 1. The van der Waals surface area contributed by atoms with Gasteiger partial charge in [-0.25, -0.2) is 9.59 Å². The van der Waals surface area contributed by atoms with Crippen molar-refractivity contribution in [3.63, 3.8) is 0 Å². The smallest absolute Gasteiger partial charge is 0.344 e. The van der Waals surface area contributed by atoms with Crippen molar-refractivity contribution in [2.24, 2.45) is 5.92 Å². The molecule has 0 radical (unpaired) electrons. The van der Waals surface area contributed by atoms with Crippen LogP contribution in [-0.4, -0.2) is 31.1 Å². The molecule has 1 amide bonds. The molecule has 0 aliphatic heterocycles. The van der Waals surface area contributed by atoms with Crippen LogP contribution in [-0.2, 0) is 14.3 Å². The molecule has 0 bridgehead atoms. The number of rotatable bonds is 10. The number of hydrogen-bond acceptors (Lipinski definition) is 6. The van der Waals surface area contributed by atoms with Gasteiger partial charge in [-0.3, -0.25) is 4.79 Å². The zero-order valence-corrected chi connectivity index (χ0v) is 17.4. The zero-order valence-electron chi connectivity index (χ0n) is 17.4. The van der Waals surface area contributed by atoms with E-state index in [2.05, 4.69) is 19.2 Å². The summed E-state index contributed by atoms with van der Waals surface area (Å²) in [5.41, 5.74) is 0.731. The Morgan fingerprint density at radius 3 is 2.59 bits per heavy atom. The Labute approximate surface area is 170 Å². The monoisotopic (exact) mass is 403 g/mol. The van der Waals surface area contributed by atoms with E-state index in [1.165, 1.54) is 6.07 Å². The van der Waals surface area contributed by atoms with Gasteiger partial charge in [-0.05, 0) is 43.9 Å². The molecule has 1 aromatic carbocycles. The second kappa shape index (κ2) is 10.6. The van der Waals surface area contributed by atoms with Gasteiger partial charge in [0.2, 0.25) is 0 Å². The molecule has 0 unspecified atom stereocenters. The number of carbonyl (C=O) groups is 2. The van der Waals surface area contributed by atoms with Gasteiger partial charge in [0, 0.05) is 23.6 Å². The lowest BCUT2D eigenvalue weighted by atomic mass is 10.0. The van der Waals surface area contributed by atoms with E-state index in [9.17, 15) is 14.4 Å². The van der Waals surface area contributed by atoms with Crippen LogP contribution in [0, 0.1) is 12.8 Å². The molecule has 2 aromatic rings. The molecular weight excluding hydrogens is 374 g/mol. The minimum Gasteiger partial charge on any atom is -0.482 e. The fourth-order valence-electron chi connectivity index (χ4n) is 2.95. The van der Waals surface area contributed by atoms with E-state index in [0.29, 0.717) is 17.3 Å². The first-order chi connectivity index (χ1) is 13.7. The van der Waals surface area contributed by atoms with Crippen molar-refractivity contribution in [2.75, 3.05) is 13.2 Å². The van der Waals surface area contributed by atoms with Crippen molar-refractivity contribution in [1.29, 1.82) is 0 Å². The molecule has 158 valence electrons. The molecule has 7 nitrogen and oxygen atoms in total. The largest absolute Gasteiger partial charge is 0.482 e. The second-order valence-electron chi connectivity index (χ2n) is 7.65. The highest BCUT2D eigenvalue weighted by Crippen LogP contribution is 2.22. The van der Waals surface area contributed by atoms with Crippen molar-refractivity contribution < 1.29 is 23.5 Å². The summed E-state index contributed by atoms with van der Waals surface area (Å²) in [5, 5.41) is 3.60. The van der Waals surface area contributed by atoms with Gasteiger partial charge >= 0.3 is 11.6 Å². The van der Waals surface area contributed by atoms with Crippen LogP contribution < -0.4 is 15.7 Å². The van der Waals surface area contributed by atoms with Gasteiger partial charge in [0.1, 0.15) is 11.3 Å². The average molecular weight is 403 g/mol. The standard InChI is InChI=1S/C22H29NO6/c1-14(2)6-5-7-16(4)23-20(24)12-28-22(26)13-27-17-8-9-18-15(3)10-21(25)29-19(18)11-17/h8-11,14,16H,5-7,12-13H2,1-4H3,(H,23,24)/t16-/m1/s1. The molecule has 1 heterocycles. The normalized spacial score (nSPS) is 12.0. The molecule has 0 saturated carbocycles. The van der Waals surface area contributed by atoms with Crippen LogP contribution in [0.1, 0.15) is 45.6 Å². The average Bonchev–Trinajstić information content (AvgIpc) is 2.63. The maximum absolute atomic E-state index is 11.9. The van der Waals surface area contributed by atoms with E-state index >= 15 is 0 Å². The number of aryl methyl sites for hydroxylation is 1. The Morgan fingerprint density at radius 1 is 1.10 bits per heavy atom. The van der Waals surface area contributed by atoms with Crippen molar-refractivity contribution >= 4 is 22.8 Å². The van der Waals surface area contributed by atoms with E-state index in [4.69, 9.17) is 13.9 Å². The van der Waals surface area contributed by atoms with Crippen LogP contribution >= 0.6 is 0 Å². The molecule has 0 aliphatic rings. The summed E-state index contributed by atoms with van der Waals surface area (Å²) in [5.74, 6) is 0.0182. The zero-order chi connectivity index (χ0) is 21.4. The lowest BCUT2D eigenvalue weighted by molar-refractivity contribution is -0.150. The van der Waals surface area contributed by atoms with Crippen LogP contribution in [0.3, 0.4) is 0 Å². The minimum atomic E-state index is -0.654. The molecule has 7 heteroatoms. The SMILES string of the molecule is Cc1cc(=O)oc2cc(OCC(=O)OCC(=O)N[C@H](C)CCCC(C)C)ccc12. The van der Waals surface area contributed by atoms with Gasteiger partial charge in [-0.2, -0.15) is 0 Å². The number of fused-ring (bicyclic) bond motifs is 1. The molecule has 29 heavy (non-hydrogen) atoms. The number of nitrogens with one attached hydrogen (secondary N) is 1. The molecule has 1 N–H and O–H groups in total.